The van der Waals surface area contributed by atoms with Crippen molar-refractivity contribution >= 4 is 17.7 Å². The zero-order valence-corrected chi connectivity index (χ0v) is 9.22. The number of hydrogen-bond acceptors (Lipinski definition) is 2. The van der Waals surface area contributed by atoms with Gasteiger partial charge in [0.1, 0.15) is 4.87 Å². The highest BCUT2D eigenvalue weighted by atomic mass is 32.2. The van der Waals surface area contributed by atoms with Crippen LogP contribution in [0.3, 0.4) is 0 Å². The van der Waals surface area contributed by atoms with Crippen LogP contribution >= 0.6 is 11.8 Å². The average molecular weight is 219 g/mol. The van der Waals surface area contributed by atoms with Crippen LogP contribution in [0.5, 0.6) is 0 Å². The molecule has 0 aliphatic carbocycles. The Morgan fingerprint density at radius 3 is 2.67 bits per heavy atom. The van der Waals surface area contributed by atoms with Crippen molar-refractivity contribution in [3.05, 3.63) is 43.0 Å². The maximum Gasteiger partial charge on any atom is 0.224 e. The fourth-order valence-electron chi connectivity index (χ4n) is 1.67. The van der Waals surface area contributed by atoms with Gasteiger partial charge in [0.25, 0.3) is 0 Å². The van der Waals surface area contributed by atoms with E-state index in [2.05, 4.69) is 24.0 Å². The van der Waals surface area contributed by atoms with Crippen molar-refractivity contribution < 1.29 is 4.79 Å². The lowest BCUT2D eigenvalue weighted by Crippen LogP contribution is -2.58. The molecule has 1 aliphatic heterocycles. The van der Waals surface area contributed by atoms with E-state index in [4.69, 9.17) is 0 Å². The van der Waals surface area contributed by atoms with Gasteiger partial charge in [-0.2, -0.15) is 0 Å². The van der Waals surface area contributed by atoms with Gasteiger partial charge in [0, 0.05) is 4.90 Å². The highest BCUT2D eigenvalue weighted by Gasteiger charge is 2.42. The van der Waals surface area contributed by atoms with E-state index >= 15 is 0 Å². The lowest BCUT2D eigenvalue weighted by Gasteiger charge is -2.40. The Labute approximate surface area is 93.8 Å². The van der Waals surface area contributed by atoms with E-state index < -0.39 is 0 Å². The Kier molecular flexibility index (Phi) is 2.82. The standard InChI is InChI=1S/C12H13NOS/c1-2-8-12(9-11(14)13-12)15-10-6-4-3-5-7-10/h2-7H,1,8-9H2,(H,13,14). The second kappa shape index (κ2) is 4.11. The van der Waals surface area contributed by atoms with Crippen LogP contribution in [0.2, 0.25) is 0 Å². The predicted octanol–water partition coefficient (Wildman–Crippen LogP) is 2.57. The van der Waals surface area contributed by atoms with E-state index in [1.54, 1.807) is 11.8 Å². The van der Waals surface area contributed by atoms with Crippen LogP contribution in [-0.4, -0.2) is 10.8 Å². The highest BCUT2D eigenvalue weighted by molar-refractivity contribution is 8.00. The van der Waals surface area contributed by atoms with Gasteiger partial charge in [-0.05, 0) is 18.6 Å². The summed E-state index contributed by atoms with van der Waals surface area (Å²) >= 11 is 1.70. The molecule has 1 N–H and O–H groups in total. The number of rotatable bonds is 4. The lowest BCUT2D eigenvalue weighted by atomic mass is 10.0. The molecule has 3 heteroatoms. The van der Waals surface area contributed by atoms with E-state index in [0.717, 1.165) is 6.42 Å². The third-order valence-electron chi connectivity index (χ3n) is 2.34. The maximum atomic E-state index is 11.0. The maximum absolute atomic E-state index is 11.0. The first-order chi connectivity index (χ1) is 7.24. The summed E-state index contributed by atoms with van der Waals surface area (Å²) in [7, 11) is 0. The molecule has 1 aromatic carbocycles. The Morgan fingerprint density at radius 1 is 1.47 bits per heavy atom. The van der Waals surface area contributed by atoms with Crippen molar-refractivity contribution in [2.24, 2.45) is 0 Å². The van der Waals surface area contributed by atoms with Gasteiger partial charge in [0.05, 0.1) is 6.42 Å². The van der Waals surface area contributed by atoms with Gasteiger partial charge in [-0.1, -0.05) is 36.0 Å². The van der Waals surface area contributed by atoms with Crippen LogP contribution in [-0.2, 0) is 4.79 Å². The molecule has 1 aromatic rings. The number of carbonyl (C=O) groups is 1. The van der Waals surface area contributed by atoms with E-state index in [-0.39, 0.29) is 10.8 Å². The molecule has 78 valence electrons. The number of hydrogen-bond donors (Lipinski definition) is 1. The van der Waals surface area contributed by atoms with Crippen molar-refractivity contribution in [1.29, 1.82) is 0 Å². The first-order valence-corrected chi connectivity index (χ1v) is 5.72. The number of carbonyl (C=O) groups excluding carboxylic acids is 1. The topological polar surface area (TPSA) is 29.1 Å². The molecule has 15 heavy (non-hydrogen) atoms. The Hall–Kier alpha value is -1.22. The Balaban J connectivity index is 2.08. The van der Waals surface area contributed by atoms with E-state index in [1.165, 1.54) is 4.90 Å². The van der Waals surface area contributed by atoms with Crippen LogP contribution in [0.1, 0.15) is 12.8 Å². The zero-order valence-electron chi connectivity index (χ0n) is 8.40. The summed E-state index contributed by atoms with van der Waals surface area (Å²) in [6.07, 6.45) is 3.24. The van der Waals surface area contributed by atoms with Gasteiger partial charge in [0.15, 0.2) is 0 Å². The fourth-order valence-corrected chi connectivity index (χ4v) is 2.98. The molecule has 1 unspecified atom stereocenters. The van der Waals surface area contributed by atoms with Crippen molar-refractivity contribution in [3.8, 4) is 0 Å². The number of benzene rings is 1. The summed E-state index contributed by atoms with van der Waals surface area (Å²) in [6.45, 7) is 3.73. The largest absolute Gasteiger partial charge is 0.340 e. The Bertz CT molecular complexity index is 361. The predicted molar refractivity (Wildman–Crippen MR) is 62.6 cm³/mol. The molecule has 0 spiro atoms. The molecule has 2 rings (SSSR count). The van der Waals surface area contributed by atoms with Gasteiger partial charge >= 0.3 is 0 Å². The minimum atomic E-state index is -0.153. The van der Waals surface area contributed by atoms with Crippen molar-refractivity contribution in [2.45, 2.75) is 22.6 Å². The van der Waals surface area contributed by atoms with Crippen LogP contribution in [0, 0.1) is 0 Å². The van der Waals surface area contributed by atoms with Crippen molar-refractivity contribution in [3.63, 3.8) is 0 Å². The zero-order chi connectivity index (χ0) is 10.7. The minimum absolute atomic E-state index is 0.125. The molecule has 1 amide bonds. The molecule has 0 aromatic heterocycles. The van der Waals surface area contributed by atoms with Crippen LogP contribution < -0.4 is 5.32 Å². The molecular formula is C12H13NOS. The van der Waals surface area contributed by atoms with Gasteiger partial charge in [-0.25, -0.2) is 0 Å². The quantitative estimate of drug-likeness (QED) is 0.623. The van der Waals surface area contributed by atoms with Crippen LogP contribution in [0.4, 0.5) is 0 Å². The molecule has 0 saturated carbocycles. The smallest absolute Gasteiger partial charge is 0.224 e. The van der Waals surface area contributed by atoms with Crippen LogP contribution in [0.25, 0.3) is 0 Å². The Morgan fingerprint density at radius 2 is 2.13 bits per heavy atom. The summed E-state index contributed by atoms with van der Waals surface area (Å²) in [4.78, 5) is 12.0. The van der Waals surface area contributed by atoms with E-state index in [0.29, 0.717) is 6.42 Å². The molecule has 1 atom stereocenters. The van der Waals surface area contributed by atoms with E-state index in [9.17, 15) is 4.79 Å². The molecule has 0 radical (unpaired) electrons. The normalized spacial score (nSPS) is 24.1. The second-order valence-corrected chi connectivity index (χ2v) is 5.08. The summed E-state index contributed by atoms with van der Waals surface area (Å²) in [5.41, 5.74) is 0. The van der Waals surface area contributed by atoms with Gasteiger partial charge < -0.3 is 5.32 Å². The van der Waals surface area contributed by atoms with Crippen molar-refractivity contribution in [2.75, 3.05) is 0 Å². The summed E-state index contributed by atoms with van der Waals surface area (Å²) in [5, 5.41) is 2.96. The van der Waals surface area contributed by atoms with Crippen LogP contribution in [0.15, 0.2) is 47.9 Å². The second-order valence-electron chi connectivity index (χ2n) is 3.63. The highest BCUT2D eigenvalue weighted by Crippen LogP contribution is 2.41. The summed E-state index contributed by atoms with van der Waals surface area (Å²) in [5.74, 6) is 0.125. The number of β-lactam (4-membered cyclic amide) rings is 1. The lowest BCUT2D eigenvalue weighted by molar-refractivity contribution is -0.129. The van der Waals surface area contributed by atoms with Gasteiger partial charge in [-0.3, -0.25) is 4.79 Å². The summed E-state index contributed by atoms with van der Waals surface area (Å²) in [6, 6.07) is 10.1. The molecule has 1 aliphatic rings. The van der Waals surface area contributed by atoms with Gasteiger partial charge in [-0.15, -0.1) is 6.58 Å². The number of nitrogens with one attached hydrogen (secondary N) is 1. The first kappa shape index (κ1) is 10.3. The van der Waals surface area contributed by atoms with Gasteiger partial charge in [0.2, 0.25) is 5.91 Å². The monoisotopic (exact) mass is 219 g/mol. The molecular weight excluding hydrogens is 206 g/mol. The van der Waals surface area contributed by atoms with Crippen molar-refractivity contribution in [1.82, 2.24) is 5.32 Å². The SMILES string of the molecule is C=CCC1(Sc2ccccc2)CC(=O)N1. The molecule has 2 nitrogen and oxygen atoms in total. The number of thioether (sulfide) groups is 1. The minimum Gasteiger partial charge on any atom is -0.340 e. The molecule has 1 saturated heterocycles. The third kappa shape index (κ3) is 2.23. The molecule has 0 bridgehead atoms. The average Bonchev–Trinajstić information content (AvgIpc) is 2.17. The third-order valence-corrected chi connectivity index (χ3v) is 3.66. The summed E-state index contributed by atoms with van der Waals surface area (Å²) < 4.78 is 0. The molecule has 1 fully saturated rings. The fraction of sp³-hybridized carbons (Fsp3) is 0.250. The molecule has 1 heterocycles. The first-order valence-electron chi connectivity index (χ1n) is 4.90. The number of amides is 1. The van der Waals surface area contributed by atoms with E-state index in [1.807, 2.05) is 24.3 Å².